The lowest BCUT2D eigenvalue weighted by molar-refractivity contribution is 0.223. The highest BCUT2D eigenvalue weighted by atomic mass is 15.3. The number of nitrogens with one attached hydrogen (secondary N) is 1. The van der Waals surface area contributed by atoms with Crippen LogP contribution in [0.15, 0.2) is 17.4 Å². The Bertz CT molecular complexity index is 562. The predicted molar refractivity (Wildman–Crippen MR) is 109 cm³/mol. The Kier molecular flexibility index (Phi) is 7.90. The average Bonchev–Trinajstić information content (AvgIpc) is 3.25. The Morgan fingerprint density at radius 2 is 2.08 bits per heavy atom. The van der Waals surface area contributed by atoms with Crippen LogP contribution >= 0.6 is 0 Å². The van der Waals surface area contributed by atoms with Gasteiger partial charge in [-0.3, -0.25) is 14.6 Å². The van der Waals surface area contributed by atoms with E-state index in [-0.39, 0.29) is 6.04 Å². The van der Waals surface area contributed by atoms with E-state index >= 15 is 0 Å². The summed E-state index contributed by atoms with van der Waals surface area (Å²) >= 11 is 0. The molecule has 0 aromatic carbocycles. The van der Waals surface area contributed by atoms with Crippen molar-refractivity contribution < 1.29 is 0 Å². The molecule has 1 saturated heterocycles. The molecule has 2 unspecified atom stereocenters. The highest BCUT2D eigenvalue weighted by Crippen LogP contribution is 2.19. The third kappa shape index (κ3) is 5.20. The van der Waals surface area contributed by atoms with Crippen molar-refractivity contribution in [3.05, 3.63) is 18.0 Å². The van der Waals surface area contributed by atoms with E-state index in [1.807, 2.05) is 17.9 Å². The van der Waals surface area contributed by atoms with Crippen molar-refractivity contribution in [1.29, 1.82) is 0 Å². The minimum atomic E-state index is 0.235. The monoisotopic (exact) mass is 363 g/mol. The first-order valence-electron chi connectivity index (χ1n) is 9.92. The fraction of sp³-hybridized carbons (Fsp3) is 0.789. The zero-order valence-corrected chi connectivity index (χ0v) is 17.4. The molecule has 0 radical (unpaired) electrons. The SMILES string of the molecule is CCNC(=NCC(c1cnn(C)c1)N(C)C)N1CCC(N(CC)CC)C1. The van der Waals surface area contributed by atoms with Gasteiger partial charge in [-0.1, -0.05) is 13.8 Å². The lowest BCUT2D eigenvalue weighted by Gasteiger charge is -2.28. The van der Waals surface area contributed by atoms with E-state index in [0.717, 1.165) is 45.2 Å². The van der Waals surface area contributed by atoms with Crippen LogP contribution in [0.3, 0.4) is 0 Å². The number of hydrogen-bond acceptors (Lipinski definition) is 4. The van der Waals surface area contributed by atoms with Gasteiger partial charge in [0.1, 0.15) is 0 Å². The van der Waals surface area contributed by atoms with Gasteiger partial charge in [-0.25, -0.2) is 0 Å². The van der Waals surface area contributed by atoms with Crippen molar-refractivity contribution in [2.45, 2.75) is 39.3 Å². The van der Waals surface area contributed by atoms with E-state index in [1.165, 1.54) is 12.0 Å². The highest BCUT2D eigenvalue weighted by Gasteiger charge is 2.28. The van der Waals surface area contributed by atoms with Gasteiger partial charge in [0.05, 0.1) is 18.8 Å². The molecule has 1 fully saturated rings. The average molecular weight is 364 g/mol. The minimum Gasteiger partial charge on any atom is -0.357 e. The predicted octanol–water partition coefficient (Wildman–Crippen LogP) is 1.40. The quantitative estimate of drug-likeness (QED) is 0.559. The number of aliphatic imine (C=N–C) groups is 1. The Labute approximate surface area is 159 Å². The third-order valence-corrected chi connectivity index (χ3v) is 5.27. The number of nitrogens with zero attached hydrogens (tertiary/aromatic N) is 6. The first-order chi connectivity index (χ1) is 12.5. The maximum Gasteiger partial charge on any atom is 0.194 e. The Hall–Kier alpha value is -1.60. The largest absolute Gasteiger partial charge is 0.357 e. The Morgan fingerprint density at radius 3 is 2.62 bits per heavy atom. The van der Waals surface area contributed by atoms with E-state index in [9.17, 15) is 0 Å². The molecule has 1 aliphatic rings. The molecule has 1 aromatic heterocycles. The third-order valence-electron chi connectivity index (χ3n) is 5.27. The van der Waals surface area contributed by atoms with E-state index in [2.05, 4.69) is 66.2 Å². The fourth-order valence-electron chi connectivity index (χ4n) is 3.75. The smallest absolute Gasteiger partial charge is 0.194 e. The molecular formula is C19H37N7. The number of likely N-dealkylation sites (N-methyl/N-ethyl adjacent to an activating group) is 2. The number of guanidine groups is 1. The van der Waals surface area contributed by atoms with Crippen LogP contribution in [0, 0.1) is 0 Å². The summed E-state index contributed by atoms with van der Waals surface area (Å²) in [5.41, 5.74) is 1.21. The Morgan fingerprint density at radius 1 is 1.35 bits per heavy atom. The van der Waals surface area contributed by atoms with Crippen molar-refractivity contribution in [2.24, 2.45) is 12.0 Å². The molecule has 7 heteroatoms. The second kappa shape index (κ2) is 9.92. The lowest BCUT2D eigenvalue weighted by atomic mass is 10.1. The molecule has 0 spiro atoms. The molecule has 0 aliphatic carbocycles. The number of likely N-dealkylation sites (tertiary alicyclic amines) is 1. The first kappa shape index (κ1) is 20.7. The molecule has 26 heavy (non-hydrogen) atoms. The number of aromatic nitrogens is 2. The summed E-state index contributed by atoms with van der Waals surface area (Å²) in [4.78, 5) is 12.2. The molecule has 2 heterocycles. The van der Waals surface area contributed by atoms with Gasteiger partial charge in [0.15, 0.2) is 5.96 Å². The summed E-state index contributed by atoms with van der Waals surface area (Å²) in [5, 5.41) is 7.81. The van der Waals surface area contributed by atoms with Crippen LogP contribution in [0.2, 0.25) is 0 Å². The summed E-state index contributed by atoms with van der Waals surface area (Å²) in [5.74, 6) is 1.04. The van der Waals surface area contributed by atoms with Gasteiger partial charge in [-0.05, 0) is 40.5 Å². The normalized spacial score (nSPS) is 19.6. The molecule has 1 aliphatic heterocycles. The van der Waals surface area contributed by atoms with E-state index in [0.29, 0.717) is 6.04 Å². The van der Waals surface area contributed by atoms with Gasteiger partial charge in [-0.15, -0.1) is 0 Å². The number of hydrogen-bond donors (Lipinski definition) is 1. The van der Waals surface area contributed by atoms with Gasteiger partial charge >= 0.3 is 0 Å². The van der Waals surface area contributed by atoms with Crippen LogP contribution in [-0.4, -0.2) is 89.8 Å². The molecule has 1 N–H and O–H groups in total. The van der Waals surface area contributed by atoms with Gasteiger partial charge < -0.3 is 15.1 Å². The first-order valence-corrected chi connectivity index (χ1v) is 9.92. The minimum absolute atomic E-state index is 0.235. The molecule has 7 nitrogen and oxygen atoms in total. The number of aryl methyl sites for hydroxylation is 1. The zero-order valence-electron chi connectivity index (χ0n) is 17.4. The summed E-state index contributed by atoms with van der Waals surface area (Å²) in [6, 6.07) is 0.871. The lowest BCUT2D eigenvalue weighted by Crippen LogP contribution is -2.43. The molecule has 0 bridgehead atoms. The maximum absolute atomic E-state index is 4.98. The Balaban J connectivity index is 2.08. The fourth-order valence-corrected chi connectivity index (χ4v) is 3.75. The number of rotatable bonds is 8. The molecule has 148 valence electrons. The molecule has 2 atom stereocenters. The van der Waals surface area contributed by atoms with Crippen molar-refractivity contribution in [3.8, 4) is 0 Å². The van der Waals surface area contributed by atoms with Gasteiger partial charge in [0.2, 0.25) is 0 Å². The summed E-state index contributed by atoms with van der Waals surface area (Å²) in [6.07, 6.45) is 5.24. The van der Waals surface area contributed by atoms with Crippen molar-refractivity contribution in [2.75, 3.05) is 53.4 Å². The van der Waals surface area contributed by atoms with E-state index in [1.54, 1.807) is 0 Å². The van der Waals surface area contributed by atoms with Crippen LogP contribution in [0.5, 0.6) is 0 Å². The topological polar surface area (TPSA) is 51.9 Å². The molecule has 1 aromatic rings. The van der Waals surface area contributed by atoms with Crippen molar-refractivity contribution in [1.82, 2.24) is 29.8 Å². The molecule has 0 amide bonds. The van der Waals surface area contributed by atoms with Crippen LogP contribution in [0.1, 0.15) is 38.8 Å². The van der Waals surface area contributed by atoms with Crippen LogP contribution in [-0.2, 0) is 7.05 Å². The molecule has 0 saturated carbocycles. The van der Waals surface area contributed by atoms with Crippen molar-refractivity contribution in [3.63, 3.8) is 0 Å². The van der Waals surface area contributed by atoms with Crippen LogP contribution in [0.25, 0.3) is 0 Å². The second-order valence-corrected chi connectivity index (χ2v) is 7.23. The zero-order chi connectivity index (χ0) is 19.1. The van der Waals surface area contributed by atoms with Crippen LogP contribution < -0.4 is 5.32 Å². The van der Waals surface area contributed by atoms with E-state index < -0.39 is 0 Å². The maximum atomic E-state index is 4.98. The summed E-state index contributed by atoms with van der Waals surface area (Å²) < 4.78 is 1.86. The standard InChI is InChI=1S/C19H37N7/c1-7-20-19(26-11-10-17(15-26)25(8-2)9-3)21-13-18(23(4)5)16-12-22-24(6)14-16/h12,14,17-18H,7-11,13,15H2,1-6H3,(H,20,21). The van der Waals surface area contributed by atoms with Crippen molar-refractivity contribution >= 4 is 5.96 Å². The van der Waals surface area contributed by atoms with E-state index in [4.69, 9.17) is 4.99 Å². The second-order valence-electron chi connectivity index (χ2n) is 7.23. The summed E-state index contributed by atoms with van der Waals surface area (Å²) in [6.45, 7) is 12.6. The summed E-state index contributed by atoms with van der Waals surface area (Å²) in [7, 11) is 6.17. The van der Waals surface area contributed by atoms with Gasteiger partial charge in [0.25, 0.3) is 0 Å². The van der Waals surface area contributed by atoms with Gasteiger partial charge in [0, 0.05) is 44.5 Å². The highest BCUT2D eigenvalue weighted by molar-refractivity contribution is 5.80. The van der Waals surface area contributed by atoms with Gasteiger partial charge in [-0.2, -0.15) is 5.10 Å². The molecule has 2 rings (SSSR count). The van der Waals surface area contributed by atoms with Crippen LogP contribution in [0.4, 0.5) is 0 Å². The molecular weight excluding hydrogens is 326 g/mol.